The Bertz CT molecular complexity index is 911. The summed E-state index contributed by atoms with van der Waals surface area (Å²) >= 11 is 0. The molecule has 2 aromatic heterocycles. The minimum absolute atomic E-state index is 0.230. The quantitative estimate of drug-likeness (QED) is 0.452. The second-order valence-corrected chi connectivity index (χ2v) is 6.43. The molecule has 0 bridgehead atoms. The average Bonchev–Trinajstić information content (AvgIpc) is 3.27. The van der Waals surface area contributed by atoms with Gasteiger partial charge in [0.2, 0.25) is 0 Å². The zero-order valence-corrected chi connectivity index (χ0v) is 16.5. The monoisotopic (exact) mass is 396 g/mol. The van der Waals surface area contributed by atoms with Crippen molar-refractivity contribution in [2.24, 2.45) is 4.99 Å². The maximum absolute atomic E-state index is 13.7. The van der Waals surface area contributed by atoms with Crippen LogP contribution in [0.1, 0.15) is 19.4 Å². The number of nitrogens with zero attached hydrogens (tertiary/aromatic N) is 4. The fraction of sp³-hybridized carbons (Fsp3) is 0.286. The molecule has 0 aliphatic heterocycles. The molecule has 0 saturated heterocycles. The van der Waals surface area contributed by atoms with E-state index in [4.69, 9.17) is 4.74 Å². The number of pyridine rings is 1. The van der Waals surface area contributed by atoms with Crippen molar-refractivity contribution in [3.05, 3.63) is 72.7 Å². The molecular weight excluding hydrogens is 371 g/mol. The van der Waals surface area contributed by atoms with Gasteiger partial charge in [-0.25, -0.2) is 19.4 Å². The second kappa shape index (κ2) is 10.2. The lowest BCUT2D eigenvalue weighted by Crippen LogP contribution is -2.41. The van der Waals surface area contributed by atoms with Crippen molar-refractivity contribution in [2.75, 3.05) is 13.1 Å². The Labute approximate surface area is 169 Å². The van der Waals surface area contributed by atoms with E-state index in [1.807, 2.05) is 36.7 Å². The summed E-state index contributed by atoms with van der Waals surface area (Å²) in [5.74, 6) is 1.34. The molecule has 2 heterocycles. The highest BCUT2D eigenvalue weighted by atomic mass is 19.1. The van der Waals surface area contributed by atoms with Gasteiger partial charge in [0.15, 0.2) is 17.5 Å². The number of hydrogen-bond acceptors (Lipinski definition) is 4. The van der Waals surface area contributed by atoms with Gasteiger partial charge in [-0.05, 0) is 37.6 Å². The predicted molar refractivity (Wildman–Crippen MR) is 111 cm³/mol. The Kier molecular flexibility index (Phi) is 7.16. The Balaban J connectivity index is 1.54. The van der Waals surface area contributed by atoms with Crippen LogP contribution >= 0.6 is 0 Å². The van der Waals surface area contributed by atoms with Crippen LogP contribution in [0.15, 0.2) is 66.3 Å². The fourth-order valence-electron chi connectivity index (χ4n) is 2.61. The number of aliphatic imine (C=N–C) groups is 1. The van der Waals surface area contributed by atoms with Crippen molar-refractivity contribution < 1.29 is 9.13 Å². The topological polar surface area (TPSA) is 76.4 Å². The van der Waals surface area contributed by atoms with Gasteiger partial charge in [-0.3, -0.25) is 4.57 Å². The summed E-state index contributed by atoms with van der Waals surface area (Å²) < 4.78 is 21.2. The van der Waals surface area contributed by atoms with Gasteiger partial charge in [0.25, 0.3) is 0 Å². The van der Waals surface area contributed by atoms with Crippen LogP contribution in [-0.4, -0.2) is 39.7 Å². The second-order valence-electron chi connectivity index (χ2n) is 6.43. The van der Waals surface area contributed by atoms with Crippen molar-refractivity contribution in [1.82, 2.24) is 25.2 Å². The Morgan fingerprint density at radius 1 is 1.24 bits per heavy atom. The van der Waals surface area contributed by atoms with E-state index in [1.165, 1.54) is 6.07 Å². The number of ether oxygens (including phenoxy) is 1. The highest BCUT2D eigenvalue weighted by Gasteiger charge is 2.09. The van der Waals surface area contributed by atoms with Crippen LogP contribution in [0.25, 0.3) is 5.82 Å². The maximum Gasteiger partial charge on any atom is 0.191 e. The third kappa shape index (κ3) is 6.03. The highest BCUT2D eigenvalue weighted by Crippen LogP contribution is 2.16. The lowest BCUT2D eigenvalue weighted by atomic mass is 10.3. The van der Waals surface area contributed by atoms with Gasteiger partial charge in [0, 0.05) is 25.1 Å². The number of para-hydroxylation sites is 1. The normalized spacial score (nSPS) is 12.4. The fourth-order valence-corrected chi connectivity index (χ4v) is 2.61. The first-order chi connectivity index (χ1) is 14.2. The lowest BCUT2D eigenvalue weighted by molar-refractivity contribution is 0.214. The molecule has 8 heteroatoms. The van der Waals surface area contributed by atoms with E-state index in [1.54, 1.807) is 36.9 Å². The van der Waals surface area contributed by atoms with Crippen LogP contribution in [0.4, 0.5) is 4.39 Å². The minimum Gasteiger partial charge on any atom is -0.486 e. The number of halogens is 1. The third-order valence-corrected chi connectivity index (χ3v) is 4.06. The zero-order chi connectivity index (χ0) is 20.5. The molecule has 3 aromatic rings. The molecule has 0 radical (unpaired) electrons. The molecule has 1 unspecified atom stereocenters. The number of hydrogen-bond donors (Lipinski definition) is 2. The van der Waals surface area contributed by atoms with Crippen molar-refractivity contribution in [3.63, 3.8) is 0 Å². The minimum atomic E-state index is -0.369. The summed E-state index contributed by atoms with van der Waals surface area (Å²) in [4.78, 5) is 13.0. The molecule has 0 saturated carbocycles. The van der Waals surface area contributed by atoms with Gasteiger partial charge in [-0.15, -0.1) is 0 Å². The Morgan fingerprint density at radius 3 is 2.79 bits per heavy atom. The van der Waals surface area contributed by atoms with Gasteiger partial charge in [0.05, 0.1) is 13.1 Å². The largest absolute Gasteiger partial charge is 0.486 e. The molecule has 29 heavy (non-hydrogen) atoms. The zero-order valence-electron chi connectivity index (χ0n) is 16.5. The van der Waals surface area contributed by atoms with E-state index >= 15 is 0 Å². The summed E-state index contributed by atoms with van der Waals surface area (Å²) in [5.41, 5.74) is 0.988. The number of guanidine groups is 1. The molecule has 1 aromatic carbocycles. The predicted octanol–water partition coefficient (Wildman–Crippen LogP) is 2.93. The summed E-state index contributed by atoms with van der Waals surface area (Å²) in [6.07, 6.45) is 6.83. The average molecular weight is 396 g/mol. The molecule has 3 rings (SSSR count). The summed E-state index contributed by atoms with van der Waals surface area (Å²) in [5, 5.41) is 6.42. The van der Waals surface area contributed by atoms with Crippen molar-refractivity contribution >= 4 is 5.96 Å². The van der Waals surface area contributed by atoms with E-state index in [0.29, 0.717) is 19.0 Å². The summed E-state index contributed by atoms with van der Waals surface area (Å²) in [7, 11) is 0. The first-order valence-corrected chi connectivity index (χ1v) is 9.52. The Hall–Kier alpha value is -3.42. The van der Waals surface area contributed by atoms with E-state index in [9.17, 15) is 4.39 Å². The van der Waals surface area contributed by atoms with Gasteiger partial charge >= 0.3 is 0 Å². The molecule has 0 amide bonds. The van der Waals surface area contributed by atoms with E-state index in [0.717, 1.165) is 17.9 Å². The van der Waals surface area contributed by atoms with Crippen molar-refractivity contribution in [3.8, 4) is 11.6 Å². The first-order valence-electron chi connectivity index (χ1n) is 9.52. The number of rotatable bonds is 8. The molecule has 0 aliphatic rings. The van der Waals surface area contributed by atoms with Gasteiger partial charge < -0.3 is 15.4 Å². The molecule has 1 atom stereocenters. The molecule has 0 spiro atoms. The SMILES string of the molecule is CCNC(=NCc1ccc(-n2ccnc2)nc1)NCC(C)Oc1ccccc1F. The Morgan fingerprint density at radius 2 is 2.10 bits per heavy atom. The van der Waals surface area contributed by atoms with Gasteiger partial charge in [-0.1, -0.05) is 18.2 Å². The molecular formula is C21H25FN6O. The van der Waals surface area contributed by atoms with E-state index in [2.05, 4.69) is 25.6 Å². The van der Waals surface area contributed by atoms with Crippen molar-refractivity contribution in [1.29, 1.82) is 0 Å². The highest BCUT2D eigenvalue weighted by molar-refractivity contribution is 5.79. The molecule has 2 N–H and O–H groups in total. The third-order valence-electron chi connectivity index (χ3n) is 4.06. The van der Waals surface area contributed by atoms with Crippen LogP contribution < -0.4 is 15.4 Å². The van der Waals surface area contributed by atoms with Gasteiger partial charge in [-0.2, -0.15) is 0 Å². The number of aromatic nitrogens is 3. The molecule has 152 valence electrons. The standard InChI is InChI=1S/C21H25FN6O/c1-3-24-21(26-12-16(2)29-19-7-5-4-6-18(19)22)27-14-17-8-9-20(25-13-17)28-11-10-23-15-28/h4-11,13,15-16H,3,12,14H2,1-2H3,(H2,24,26,27). The number of benzene rings is 1. The van der Waals surface area contributed by atoms with Crippen molar-refractivity contribution in [2.45, 2.75) is 26.5 Å². The molecule has 0 aliphatic carbocycles. The smallest absolute Gasteiger partial charge is 0.191 e. The van der Waals surface area contributed by atoms with E-state index < -0.39 is 0 Å². The van der Waals surface area contributed by atoms with E-state index in [-0.39, 0.29) is 17.7 Å². The van der Waals surface area contributed by atoms with Crippen LogP contribution in [0, 0.1) is 5.82 Å². The van der Waals surface area contributed by atoms with Crippen LogP contribution in [0.2, 0.25) is 0 Å². The number of nitrogens with one attached hydrogen (secondary N) is 2. The number of imidazole rings is 1. The summed E-state index contributed by atoms with van der Waals surface area (Å²) in [6.45, 7) is 5.57. The van der Waals surface area contributed by atoms with Crippen LogP contribution in [0.5, 0.6) is 5.75 Å². The first kappa shape index (κ1) is 20.3. The summed E-state index contributed by atoms with van der Waals surface area (Å²) in [6, 6.07) is 10.3. The van der Waals surface area contributed by atoms with Crippen LogP contribution in [0.3, 0.4) is 0 Å². The molecule has 7 nitrogen and oxygen atoms in total. The lowest BCUT2D eigenvalue weighted by Gasteiger charge is -2.18. The maximum atomic E-state index is 13.7. The van der Waals surface area contributed by atoms with Crippen LogP contribution in [-0.2, 0) is 6.54 Å². The molecule has 0 fully saturated rings. The van der Waals surface area contributed by atoms with Gasteiger partial charge in [0.1, 0.15) is 18.2 Å².